The Labute approximate surface area is 217 Å². The van der Waals surface area contributed by atoms with Crippen molar-refractivity contribution in [2.24, 2.45) is 0 Å². The van der Waals surface area contributed by atoms with E-state index in [0.29, 0.717) is 0 Å². The molecule has 3 aromatic carbocycles. The third-order valence-corrected chi connectivity index (χ3v) is 5.59. The molecule has 1 heterocycles. The van der Waals surface area contributed by atoms with Gasteiger partial charge < -0.3 is 20.1 Å². The van der Waals surface area contributed by atoms with Crippen molar-refractivity contribution in [3.05, 3.63) is 118 Å². The van der Waals surface area contributed by atoms with Gasteiger partial charge in [0.1, 0.15) is 6.33 Å². The molecule has 0 saturated heterocycles. The normalized spacial score (nSPS) is 10.5. The van der Waals surface area contributed by atoms with Crippen LogP contribution in [0.5, 0.6) is 0 Å². The first-order valence-electron chi connectivity index (χ1n) is 11.4. The van der Waals surface area contributed by atoms with E-state index in [4.69, 9.17) is 9.47 Å². The number of carbonyl (C=O) groups is 2. The Hall–Kier alpha value is -5.32. The Bertz CT molecular complexity index is 1390. The topological polar surface area (TPSA) is 146 Å². The van der Waals surface area contributed by atoms with Crippen LogP contribution in [0.2, 0.25) is 0 Å². The molecule has 38 heavy (non-hydrogen) atoms. The van der Waals surface area contributed by atoms with Crippen LogP contribution in [0, 0.1) is 10.1 Å². The summed E-state index contributed by atoms with van der Waals surface area (Å²) in [4.78, 5) is 44.2. The molecular formula is C27H23N5O6. The lowest BCUT2D eigenvalue weighted by Gasteiger charge is -2.20. The maximum absolute atomic E-state index is 12.2. The number of nitro groups is 1. The van der Waals surface area contributed by atoms with Gasteiger partial charge >= 0.3 is 17.6 Å². The van der Waals surface area contributed by atoms with E-state index in [1.54, 1.807) is 0 Å². The molecule has 0 radical (unpaired) electrons. The number of esters is 2. The molecule has 0 saturated carbocycles. The molecule has 0 spiro atoms. The number of nitrogens with one attached hydrogen (secondary N) is 2. The van der Waals surface area contributed by atoms with Crippen LogP contribution in [-0.4, -0.2) is 41.0 Å². The largest absolute Gasteiger partial charge is 0.465 e. The second-order valence-corrected chi connectivity index (χ2v) is 7.98. The smallest absolute Gasteiger partial charge is 0.353 e. The molecule has 2 N–H and O–H groups in total. The summed E-state index contributed by atoms with van der Waals surface area (Å²) in [5.74, 6) is -1.58. The zero-order valence-corrected chi connectivity index (χ0v) is 20.5. The summed E-state index contributed by atoms with van der Waals surface area (Å²) in [7, 11) is 2.40. The lowest BCUT2D eigenvalue weighted by Crippen LogP contribution is -2.15. The molecule has 4 rings (SSSR count). The Morgan fingerprint density at radius 1 is 0.816 bits per heavy atom. The zero-order chi connectivity index (χ0) is 27.1. The average molecular weight is 514 g/mol. The van der Waals surface area contributed by atoms with Crippen LogP contribution in [0.1, 0.15) is 37.9 Å². The van der Waals surface area contributed by atoms with Crippen LogP contribution in [0.4, 0.5) is 23.0 Å². The van der Waals surface area contributed by atoms with Gasteiger partial charge in [0.05, 0.1) is 36.3 Å². The quantitative estimate of drug-likeness (QED) is 0.180. The summed E-state index contributed by atoms with van der Waals surface area (Å²) in [5.41, 5.74) is 1.59. The van der Waals surface area contributed by atoms with Crippen LogP contribution < -0.4 is 10.6 Å². The SMILES string of the molecule is COC(=O)c1cc(Nc2ncnc(NC(c3ccccc3)c3ccccc3)c2[N+](=O)[O-])cc(C(=O)OC)c1. The fourth-order valence-corrected chi connectivity index (χ4v) is 3.84. The molecule has 0 unspecified atom stereocenters. The molecule has 0 bridgehead atoms. The summed E-state index contributed by atoms with van der Waals surface area (Å²) < 4.78 is 9.51. The van der Waals surface area contributed by atoms with Gasteiger partial charge in [-0.15, -0.1) is 0 Å². The minimum absolute atomic E-state index is 0.0254. The van der Waals surface area contributed by atoms with Crippen LogP contribution in [-0.2, 0) is 9.47 Å². The fraction of sp³-hybridized carbons (Fsp3) is 0.111. The van der Waals surface area contributed by atoms with Crippen molar-refractivity contribution in [1.82, 2.24) is 9.97 Å². The number of aromatic nitrogens is 2. The van der Waals surface area contributed by atoms with Gasteiger partial charge in [-0.1, -0.05) is 60.7 Å². The summed E-state index contributed by atoms with van der Waals surface area (Å²) in [6, 6.07) is 22.5. The van der Waals surface area contributed by atoms with Crippen LogP contribution in [0.15, 0.2) is 85.2 Å². The molecule has 11 heteroatoms. The number of hydrogen-bond donors (Lipinski definition) is 2. The molecule has 192 valence electrons. The van der Waals surface area contributed by atoms with Crippen LogP contribution >= 0.6 is 0 Å². The molecule has 0 fully saturated rings. The van der Waals surface area contributed by atoms with E-state index in [2.05, 4.69) is 20.6 Å². The summed E-state index contributed by atoms with van der Waals surface area (Å²) >= 11 is 0. The second kappa shape index (κ2) is 11.6. The van der Waals surface area contributed by atoms with Gasteiger partial charge in [-0.25, -0.2) is 19.6 Å². The van der Waals surface area contributed by atoms with Gasteiger partial charge in [-0.3, -0.25) is 10.1 Å². The van der Waals surface area contributed by atoms with Crippen molar-refractivity contribution < 1.29 is 24.0 Å². The lowest BCUT2D eigenvalue weighted by atomic mass is 9.99. The van der Waals surface area contributed by atoms with E-state index in [1.165, 1.54) is 38.7 Å². The van der Waals surface area contributed by atoms with Gasteiger partial charge in [0, 0.05) is 5.69 Å². The molecule has 0 aliphatic heterocycles. The highest BCUT2D eigenvalue weighted by Gasteiger charge is 2.27. The predicted octanol–water partition coefficient (Wildman–Crippen LogP) is 4.90. The van der Waals surface area contributed by atoms with Crippen molar-refractivity contribution in [3.8, 4) is 0 Å². The number of rotatable bonds is 9. The van der Waals surface area contributed by atoms with E-state index >= 15 is 0 Å². The molecule has 11 nitrogen and oxygen atoms in total. The zero-order valence-electron chi connectivity index (χ0n) is 20.5. The predicted molar refractivity (Wildman–Crippen MR) is 139 cm³/mol. The third-order valence-electron chi connectivity index (χ3n) is 5.59. The minimum Gasteiger partial charge on any atom is -0.465 e. The average Bonchev–Trinajstić information content (AvgIpc) is 2.95. The Kier molecular flexibility index (Phi) is 7.87. The molecular weight excluding hydrogens is 490 g/mol. The third kappa shape index (κ3) is 5.73. The van der Waals surface area contributed by atoms with Crippen LogP contribution in [0.25, 0.3) is 0 Å². The van der Waals surface area contributed by atoms with E-state index in [9.17, 15) is 19.7 Å². The summed E-state index contributed by atoms with van der Waals surface area (Å²) in [6.45, 7) is 0. The maximum atomic E-state index is 12.2. The van der Waals surface area contributed by atoms with Crippen molar-refractivity contribution in [1.29, 1.82) is 0 Å². The summed E-state index contributed by atoms with van der Waals surface area (Å²) in [5, 5.41) is 18.2. The fourth-order valence-electron chi connectivity index (χ4n) is 3.84. The van der Waals surface area contributed by atoms with Gasteiger partial charge in [-0.2, -0.15) is 0 Å². The number of hydrogen-bond acceptors (Lipinski definition) is 10. The van der Waals surface area contributed by atoms with Gasteiger partial charge in [0.2, 0.25) is 11.6 Å². The van der Waals surface area contributed by atoms with E-state index in [1.807, 2.05) is 60.7 Å². The van der Waals surface area contributed by atoms with Crippen molar-refractivity contribution in [3.63, 3.8) is 0 Å². The minimum atomic E-state index is -0.702. The number of nitrogens with zero attached hydrogens (tertiary/aromatic N) is 3. The van der Waals surface area contributed by atoms with E-state index < -0.39 is 28.6 Å². The van der Waals surface area contributed by atoms with Crippen molar-refractivity contribution in [2.45, 2.75) is 6.04 Å². The van der Waals surface area contributed by atoms with Crippen molar-refractivity contribution in [2.75, 3.05) is 24.9 Å². The molecule has 0 aliphatic carbocycles. The monoisotopic (exact) mass is 513 g/mol. The van der Waals surface area contributed by atoms with Crippen LogP contribution in [0.3, 0.4) is 0 Å². The molecule has 0 atom stereocenters. The first kappa shape index (κ1) is 25.8. The van der Waals surface area contributed by atoms with E-state index in [0.717, 1.165) is 11.1 Å². The number of benzene rings is 3. The Balaban J connectivity index is 1.77. The first-order chi connectivity index (χ1) is 18.4. The van der Waals surface area contributed by atoms with Crippen molar-refractivity contribution >= 4 is 34.9 Å². The highest BCUT2D eigenvalue weighted by molar-refractivity contribution is 5.97. The molecule has 4 aromatic rings. The first-order valence-corrected chi connectivity index (χ1v) is 11.4. The number of carbonyl (C=O) groups excluding carboxylic acids is 2. The molecule has 0 amide bonds. The molecule has 0 aliphatic rings. The number of methoxy groups -OCH3 is 2. The van der Waals surface area contributed by atoms with Gasteiger partial charge in [0.15, 0.2) is 0 Å². The van der Waals surface area contributed by atoms with Gasteiger partial charge in [-0.05, 0) is 29.3 Å². The van der Waals surface area contributed by atoms with Gasteiger partial charge in [0.25, 0.3) is 0 Å². The highest BCUT2D eigenvalue weighted by atomic mass is 16.6. The number of ether oxygens (including phenoxy) is 2. The molecule has 1 aromatic heterocycles. The Morgan fingerprint density at radius 2 is 1.32 bits per heavy atom. The standard InChI is InChI=1S/C27H23N5O6/c1-37-26(33)19-13-20(27(34)38-2)15-21(14-19)30-24-23(32(35)36)25(29-16-28-24)31-22(17-9-5-3-6-10-17)18-11-7-4-8-12-18/h3-16,22H,1-2H3,(H2,28,29,30,31). The summed E-state index contributed by atoms with van der Waals surface area (Å²) in [6.07, 6.45) is 1.18. The second-order valence-electron chi connectivity index (χ2n) is 7.98. The highest BCUT2D eigenvalue weighted by Crippen LogP contribution is 2.35. The van der Waals surface area contributed by atoms with E-state index in [-0.39, 0.29) is 28.5 Å². The maximum Gasteiger partial charge on any atom is 0.353 e. The number of anilines is 3. The Morgan fingerprint density at radius 3 is 1.79 bits per heavy atom. The lowest BCUT2D eigenvalue weighted by molar-refractivity contribution is -0.383.